The van der Waals surface area contributed by atoms with Crippen molar-refractivity contribution in [1.29, 1.82) is 0 Å². The summed E-state index contributed by atoms with van der Waals surface area (Å²) in [7, 11) is 1.85. The van der Waals surface area contributed by atoms with Crippen LogP contribution in [-0.4, -0.2) is 35.0 Å². The summed E-state index contributed by atoms with van der Waals surface area (Å²) >= 11 is 0. The van der Waals surface area contributed by atoms with Gasteiger partial charge in [0.1, 0.15) is 0 Å². The normalized spacial score (nSPS) is 10.4. The van der Waals surface area contributed by atoms with Crippen molar-refractivity contribution in [3.63, 3.8) is 0 Å². The second-order valence-electron chi connectivity index (χ2n) is 3.16. The minimum Gasteiger partial charge on any atom is -0.367 e. The largest absolute Gasteiger partial charge is 0.367 e. The smallest absolute Gasteiger partial charge is 0.164 e. The average molecular weight is 218 g/mol. The minimum absolute atomic E-state index is 0. The van der Waals surface area contributed by atoms with E-state index in [9.17, 15) is 0 Å². The summed E-state index contributed by atoms with van der Waals surface area (Å²) in [5.41, 5.74) is 1.17. The van der Waals surface area contributed by atoms with Gasteiger partial charge in [-0.05, 0) is 12.6 Å². The third-order valence-corrected chi connectivity index (χ3v) is 1.77. The molecule has 0 aliphatic heterocycles. The second kappa shape index (κ2) is 6.79. The fourth-order valence-electron chi connectivity index (χ4n) is 1.24. The molecule has 0 amide bonds. The predicted octanol–water partition coefficient (Wildman–Crippen LogP) is 0.851. The molecule has 0 radical (unpaired) electrons. The molecule has 1 aromatic rings. The van der Waals surface area contributed by atoms with Gasteiger partial charge in [0, 0.05) is 13.1 Å². The quantitative estimate of drug-likeness (QED) is 0.735. The maximum absolute atomic E-state index is 8.71. The third kappa shape index (κ3) is 5.19. The third-order valence-electron chi connectivity index (χ3n) is 1.77. The number of benzene rings is 1. The number of nitrogens with zero attached hydrogens (tertiary/aromatic N) is 1. The molecule has 4 heteroatoms. The molecular formula is C10H16ClNO2. The number of hydrogen-bond donors (Lipinski definition) is 2. The molecule has 0 aromatic heterocycles. The average Bonchev–Trinajstić information content (AvgIpc) is 2.04. The molecule has 0 aliphatic carbocycles. The molecule has 80 valence electrons. The van der Waals surface area contributed by atoms with Crippen molar-refractivity contribution < 1.29 is 10.2 Å². The molecule has 0 atom stereocenters. The highest BCUT2D eigenvalue weighted by Crippen LogP contribution is 2.02. The summed E-state index contributed by atoms with van der Waals surface area (Å²) in [6.07, 6.45) is -1.26. The van der Waals surface area contributed by atoms with Crippen molar-refractivity contribution >= 4 is 12.4 Å². The number of likely N-dealkylation sites (N-methyl/N-ethyl adjacent to an activating group) is 1. The molecule has 0 saturated carbocycles. The van der Waals surface area contributed by atoms with Crippen LogP contribution in [0.15, 0.2) is 30.3 Å². The van der Waals surface area contributed by atoms with E-state index < -0.39 is 6.29 Å². The van der Waals surface area contributed by atoms with E-state index in [1.165, 1.54) is 5.56 Å². The van der Waals surface area contributed by atoms with Crippen LogP contribution in [0.2, 0.25) is 0 Å². The molecule has 0 spiro atoms. The van der Waals surface area contributed by atoms with E-state index in [1.807, 2.05) is 42.3 Å². The number of rotatable bonds is 4. The maximum atomic E-state index is 8.71. The van der Waals surface area contributed by atoms with Gasteiger partial charge in [0.05, 0.1) is 0 Å². The number of halogens is 1. The zero-order valence-corrected chi connectivity index (χ0v) is 8.94. The standard InChI is InChI=1S/C10H15NO2.ClH/c1-11(8-10(12)13)7-9-5-3-2-4-6-9;/h2-6,10,12-13H,7-8H2,1H3;1H. The lowest BCUT2D eigenvalue weighted by Crippen LogP contribution is -2.28. The Morgan fingerprint density at radius 3 is 2.29 bits per heavy atom. The molecule has 2 N–H and O–H groups in total. The van der Waals surface area contributed by atoms with Crippen molar-refractivity contribution in [3.8, 4) is 0 Å². The Morgan fingerprint density at radius 2 is 1.79 bits per heavy atom. The van der Waals surface area contributed by atoms with Crippen LogP contribution in [-0.2, 0) is 6.54 Å². The van der Waals surface area contributed by atoms with Crippen LogP contribution in [0, 0.1) is 0 Å². The summed E-state index contributed by atoms with van der Waals surface area (Å²) < 4.78 is 0. The zero-order valence-electron chi connectivity index (χ0n) is 8.13. The first-order valence-electron chi connectivity index (χ1n) is 4.27. The van der Waals surface area contributed by atoms with Gasteiger partial charge in [-0.15, -0.1) is 12.4 Å². The highest BCUT2D eigenvalue weighted by atomic mass is 35.5. The molecule has 0 unspecified atom stereocenters. The summed E-state index contributed by atoms with van der Waals surface area (Å²) in [4.78, 5) is 1.86. The van der Waals surface area contributed by atoms with Gasteiger partial charge >= 0.3 is 0 Å². The van der Waals surface area contributed by atoms with Gasteiger partial charge in [-0.3, -0.25) is 4.90 Å². The van der Waals surface area contributed by atoms with Crippen molar-refractivity contribution in [3.05, 3.63) is 35.9 Å². The van der Waals surface area contributed by atoms with Crippen molar-refractivity contribution in [1.82, 2.24) is 4.90 Å². The van der Waals surface area contributed by atoms with E-state index in [4.69, 9.17) is 10.2 Å². The van der Waals surface area contributed by atoms with Gasteiger partial charge in [-0.2, -0.15) is 0 Å². The van der Waals surface area contributed by atoms with Crippen LogP contribution in [0.1, 0.15) is 5.56 Å². The Balaban J connectivity index is 0.00000169. The summed E-state index contributed by atoms with van der Waals surface area (Å²) in [5.74, 6) is 0. The van der Waals surface area contributed by atoms with Crippen molar-refractivity contribution in [2.24, 2.45) is 0 Å². The molecule has 0 fully saturated rings. The monoisotopic (exact) mass is 217 g/mol. The SMILES string of the molecule is CN(Cc1ccccc1)CC(O)O.Cl. The van der Waals surface area contributed by atoms with Crippen molar-refractivity contribution in [2.75, 3.05) is 13.6 Å². The van der Waals surface area contributed by atoms with E-state index in [0.717, 1.165) is 6.54 Å². The molecular weight excluding hydrogens is 202 g/mol. The Bertz CT molecular complexity index is 241. The number of hydrogen-bond acceptors (Lipinski definition) is 3. The van der Waals surface area contributed by atoms with E-state index in [-0.39, 0.29) is 19.0 Å². The van der Waals surface area contributed by atoms with Crippen LogP contribution < -0.4 is 0 Å². The van der Waals surface area contributed by atoms with Gasteiger partial charge in [0.25, 0.3) is 0 Å². The first-order valence-corrected chi connectivity index (χ1v) is 4.27. The molecule has 0 heterocycles. The minimum atomic E-state index is -1.26. The van der Waals surface area contributed by atoms with Crippen LogP contribution in [0.4, 0.5) is 0 Å². The maximum Gasteiger partial charge on any atom is 0.164 e. The fourth-order valence-corrected chi connectivity index (χ4v) is 1.24. The van der Waals surface area contributed by atoms with E-state index in [0.29, 0.717) is 0 Å². The van der Waals surface area contributed by atoms with Crippen LogP contribution in [0.25, 0.3) is 0 Å². The predicted molar refractivity (Wildman–Crippen MR) is 58.2 cm³/mol. The summed E-state index contributed by atoms with van der Waals surface area (Å²) in [6.45, 7) is 1.01. The molecule has 1 rings (SSSR count). The van der Waals surface area contributed by atoms with Gasteiger partial charge < -0.3 is 10.2 Å². The van der Waals surface area contributed by atoms with Crippen LogP contribution >= 0.6 is 12.4 Å². The topological polar surface area (TPSA) is 43.7 Å². The van der Waals surface area contributed by atoms with E-state index in [2.05, 4.69) is 0 Å². The number of aliphatic hydroxyl groups excluding tert-OH is 1. The lowest BCUT2D eigenvalue weighted by molar-refractivity contribution is -0.0584. The molecule has 0 saturated heterocycles. The van der Waals surface area contributed by atoms with E-state index in [1.54, 1.807) is 0 Å². The zero-order chi connectivity index (χ0) is 9.68. The Morgan fingerprint density at radius 1 is 1.21 bits per heavy atom. The van der Waals surface area contributed by atoms with Crippen molar-refractivity contribution in [2.45, 2.75) is 12.8 Å². The van der Waals surface area contributed by atoms with Gasteiger partial charge in [0.2, 0.25) is 0 Å². The van der Waals surface area contributed by atoms with Gasteiger partial charge in [-0.25, -0.2) is 0 Å². The lowest BCUT2D eigenvalue weighted by Gasteiger charge is -2.17. The van der Waals surface area contributed by atoms with Crippen LogP contribution in [0.5, 0.6) is 0 Å². The molecule has 0 bridgehead atoms. The van der Waals surface area contributed by atoms with E-state index >= 15 is 0 Å². The molecule has 0 aliphatic rings. The molecule has 1 aromatic carbocycles. The Hall–Kier alpha value is -0.610. The summed E-state index contributed by atoms with van der Waals surface area (Å²) in [6, 6.07) is 9.93. The fraction of sp³-hybridized carbons (Fsp3) is 0.400. The first kappa shape index (κ1) is 13.4. The number of aliphatic hydroxyl groups is 2. The summed E-state index contributed by atoms with van der Waals surface area (Å²) in [5, 5.41) is 17.4. The lowest BCUT2D eigenvalue weighted by atomic mass is 10.2. The molecule has 3 nitrogen and oxygen atoms in total. The highest BCUT2D eigenvalue weighted by molar-refractivity contribution is 5.85. The van der Waals surface area contributed by atoms with Gasteiger partial charge in [-0.1, -0.05) is 30.3 Å². The molecule has 14 heavy (non-hydrogen) atoms. The Kier molecular flexibility index (Phi) is 6.49. The Labute approximate surface area is 90.4 Å². The van der Waals surface area contributed by atoms with Gasteiger partial charge in [0.15, 0.2) is 6.29 Å². The van der Waals surface area contributed by atoms with Crippen LogP contribution in [0.3, 0.4) is 0 Å². The first-order chi connectivity index (χ1) is 6.18. The highest BCUT2D eigenvalue weighted by Gasteiger charge is 2.03. The second-order valence-corrected chi connectivity index (χ2v) is 3.16.